The van der Waals surface area contributed by atoms with Crippen LogP contribution in [0.25, 0.3) is 0 Å². The lowest BCUT2D eigenvalue weighted by atomic mass is 10.1. The lowest BCUT2D eigenvalue weighted by Crippen LogP contribution is -1.92. The van der Waals surface area contributed by atoms with E-state index in [1.807, 2.05) is 13.0 Å². The number of anilines is 1. The molecule has 0 aliphatic heterocycles. The molecule has 0 fully saturated rings. The monoisotopic (exact) mass is 242 g/mol. The zero-order valence-electron chi connectivity index (χ0n) is 9.77. The summed E-state index contributed by atoms with van der Waals surface area (Å²) < 4.78 is 18.7. The lowest BCUT2D eigenvalue weighted by Gasteiger charge is -2.09. The molecule has 90 valence electrons. The quantitative estimate of drug-likeness (QED) is 0.821. The zero-order valence-corrected chi connectivity index (χ0v) is 9.77. The first kappa shape index (κ1) is 11.9. The van der Waals surface area contributed by atoms with Crippen LogP contribution in [0, 0.1) is 24.1 Å². The summed E-state index contributed by atoms with van der Waals surface area (Å²) >= 11 is 0. The molecule has 0 amide bonds. The Hall–Kier alpha value is -2.54. The standard InChI is InChI=1S/C14H11FN2O/c1-9-2-3-10(8-16)4-14(9)18-13-6-11(15)5-12(17)7-13/h2-7H,17H2,1H3. The molecule has 0 saturated heterocycles. The fourth-order valence-electron chi connectivity index (χ4n) is 1.55. The molecule has 0 atom stereocenters. The molecule has 0 radical (unpaired) electrons. The second kappa shape index (κ2) is 4.76. The first-order valence-electron chi connectivity index (χ1n) is 5.33. The van der Waals surface area contributed by atoms with Crippen LogP contribution in [0.1, 0.15) is 11.1 Å². The first-order valence-corrected chi connectivity index (χ1v) is 5.33. The van der Waals surface area contributed by atoms with Gasteiger partial charge in [-0.3, -0.25) is 0 Å². The minimum absolute atomic E-state index is 0.291. The van der Waals surface area contributed by atoms with Gasteiger partial charge in [-0.25, -0.2) is 4.39 Å². The third kappa shape index (κ3) is 2.58. The van der Waals surface area contributed by atoms with Crippen LogP contribution in [0.15, 0.2) is 36.4 Å². The molecule has 2 aromatic rings. The number of nitrogen functional groups attached to an aromatic ring is 1. The summed E-state index contributed by atoms with van der Waals surface area (Å²) in [5.41, 5.74) is 7.17. The van der Waals surface area contributed by atoms with Gasteiger partial charge in [0.25, 0.3) is 0 Å². The van der Waals surface area contributed by atoms with Crippen molar-refractivity contribution in [2.75, 3.05) is 5.73 Å². The van der Waals surface area contributed by atoms with Crippen LogP contribution < -0.4 is 10.5 Å². The van der Waals surface area contributed by atoms with Crippen molar-refractivity contribution < 1.29 is 9.13 Å². The SMILES string of the molecule is Cc1ccc(C#N)cc1Oc1cc(N)cc(F)c1. The van der Waals surface area contributed by atoms with Crippen LogP contribution >= 0.6 is 0 Å². The number of halogens is 1. The molecule has 2 rings (SSSR count). The van der Waals surface area contributed by atoms with E-state index in [0.29, 0.717) is 22.7 Å². The van der Waals surface area contributed by atoms with E-state index < -0.39 is 5.82 Å². The lowest BCUT2D eigenvalue weighted by molar-refractivity contribution is 0.473. The van der Waals surface area contributed by atoms with Crippen LogP contribution in [0.5, 0.6) is 11.5 Å². The van der Waals surface area contributed by atoms with Gasteiger partial charge >= 0.3 is 0 Å². The van der Waals surface area contributed by atoms with Gasteiger partial charge in [0.15, 0.2) is 0 Å². The predicted octanol–water partition coefficient (Wildman–Crippen LogP) is 3.38. The highest BCUT2D eigenvalue weighted by molar-refractivity contribution is 5.48. The fourth-order valence-corrected chi connectivity index (χ4v) is 1.55. The molecule has 18 heavy (non-hydrogen) atoms. The van der Waals surface area contributed by atoms with Gasteiger partial charge in [-0.1, -0.05) is 6.07 Å². The maximum absolute atomic E-state index is 13.2. The van der Waals surface area contributed by atoms with Crippen LogP contribution in [0.2, 0.25) is 0 Å². The minimum atomic E-state index is -0.459. The molecule has 0 saturated carbocycles. The molecule has 3 nitrogen and oxygen atoms in total. The number of benzene rings is 2. The average Bonchev–Trinajstić information content (AvgIpc) is 2.30. The number of aryl methyl sites for hydroxylation is 1. The summed E-state index contributed by atoms with van der Waals surface area (Å²) in [6.45, 7) is 1.85. The van der Waals surface area contributed by atoms with Gasteiger partial charge in [-0.05, 0) is 30.7 Å². The van der Waals surface area contributed by atoms with Crippen molar-refractivity contribution in [3.05, 3.63) is 53.3 Å². The Morgan fingerprint density at radius 3 is 2.67 bits per heavy atom. The van der Waals surface area contributed by atoms with Crippen molar-refractivity contribution in [3.63, 3.8) is 0 Å². The highest BCUT2D eigenvalue weighted by atomic mass is 19.1. The number of hydrogen-bond donors (Lipinski definition) is 1. The van der Waals surface area contributed by atoms with Gasteiger partial charge in [-0.2, -0.15) is 5.26 Å². The molecule has 0 spiro atoms. The van der Waals surface area contributed by atoms with E-state index in [0.717, 1.165) is 5.56 Å². The van der Waals surface area contributed by atoms with E-state index in [-0.39, 0.29) is 0 Å². The fraction of sp³-hybridized carbons (Fsp3) is 0.0714. The highest BCUT2D eigenvalue weighted by Crippen LogP contribution is 2.27. The van der Waals surface area contributed by atoms with E-state index in [1.165, 1.54) is 18.2 Å². The molecule has 2 aromatic carbocycles. The smallest absolute Gasteiger partial charge is 0.132 e. The van der Waals surface area contributed by atoms with Crippen molar-refractivity contribution >= 4 is 5.69 Å². The normalized spacial score (nSPS) is 9.83. The Morgan fingerprint density at radius 1 is 1.22 bits per heavy atom. The van der Waals surface area contributed by atoms with Crippen LogP contribution in [-0.2, 0) is 0 Å². The van der Waals surface area contributed by atoms with Gasteiger partial charge in [0.1, 0.15) is 17.3 Å². The largest absolute Gasteiger partial charge is 0.457 e. The number of nitriles is 1. The van der Waals surface area contributed by atoms with Gasteiger partial charge in [-0.15, -0.1) is 0 Å². The van der Waals surface area contributed by atoms with Crippen LogP contribution in [0.3, 0.4) is 0 Å². The number of hydrogen-bond acceptors (Lipinski definition) is 3. The maximum atomic E-state index is 13.2. The van der Waals surface area contributed by atoms with E-state index >= 15 is 0 Å². The number of nitrogens with zero attached hydrogens (tertiary/aromatic N) is 1. The number of ether oxygens (including phenoxy) is 1. The van der Waals surface area contributed by atoms with Crippen molar-refractivity contribution in [3.8, 4) is 17.6 Å². The molecule has 0 aliphatic rings. The highest BCUT2D eigenvalue weighted by Gasteiger charge is 2.05. The molecule has 0 aromatic heterocycles. The van der Waals surface area contributed by atoms with Gasteiger partial charge in [0.05, 0.1) is 11.6 Å². The van der Waals surface area contributed by atoms with Crippen molar-refractivity contribution in [2.24, 2.45) is 0 Å². The van der Waals surface area contributed by atoms with Crippen LogP contribution in [0.4, 0.5) is 10.1 Å². The van der Waals surface area contributed by atoms with Gasteiger partial charge in [0.2, 0.25) is 0 Å². The van der Waals surface area contributed by atoms with Crippen molar-refractivity contribution in [2.45, 2.75) is 6.92 Å². The van der Waals surface area contributed by atoms with E-state index in [4.69, 9.17) is 15.7 Å². The molecular weight excluding hydrogens is 231 g/mol. The summed E-state index contributed by atoms with van der Waals surface area (Å²) in [6, 6.07) is 11.1. The second-order valence-electron chi connectivity index (χ2n) is 3.91. The minimum Gasteiger partial charge on any atom is -0.457 e. The Kier molecular flexibility index (Phi) is 3.16. The number of rotatable bonds is 2. The molecule has 0 unspecified atom stereocenters. The van der Waals surface area contributed by atoms with Crippen molar-refractivity contribution in [1.29, 1.82) is 5.26 Å². The first-order chi connectivity index (χ1) is 8.58. The summed E-state index contributed by atoms with van der Waals surface area (Å²) in [7, 11) is 0. The molecule has 2 N–H and O–H groups in total. The molecule has 0 heterocycles. The third-order valence-electron chi connectivity index (χ3n) is 2.44. The summed E-state index contributed by atoms with van der Waals surface area (Å²) in [6.07, 6.45) is 0. The van der Waals surface area contributed by atoms with Gasteiger partial charge in [0, 0.05) is 17.8 Å². The summed E-state index contributed by atoms with van der Waals surface area (Å²) in [5, 5.41) is 8.82. The molecular formula is C14H11FN2O. The Labute approximate surface area is 104 Å². The van der Waals surface area contributed by atoms with E-state index in [2.05, 4.69) is 0 Å². The third-order valence-corrected chi connectivity index (χ3v) is 2.44. The molecule has 0 aliphatic carbocycles. The Balaban J connectivity index is 2.36. The van der Waals surface area contributed by atoms with Crippen molar-refractivity contribution in [1.82, 2.24) is 0 Å². The zero-order chi connectivity index (χ0) is 13.1. The average molecular weight is 242 g/mol. The second-order valence-corrected chi connectivity index (χ2v) is 3.91. The maximum Gasteiger partial charge on any atom is 0.132 e. The Morgan fingerprint density at radius 2 is 2.00 bits per heavy atom. The summed E-state index contributed by atoms with van der Waals surface area (Å²) in [5.74, 6) is 0.365. The topological polar surface area (TPSA) is 59.0 Å². The summed E-state index contributed by atoms with van der Waals surface area (Å²) in [4.78, 5) is 0. The van der Waals surface area contributed by atoms with Crippen LogP contribution in [-0.4, -0.2) is 0 Å². The van der Waals surface area contributed by atoms with Gasteiger partial charge < -0.3 is 10.5 Å². The van der Waals surface area contributed by atoms with E-state index in [1.54, 1.807) is 18.2 Å². The number of nitrogens with two attached hydrogens (primary N) is 1. The molecule has 0 bridgehead atoms. The molecule has 4 heteroatoms. The Bertz CT molecular complexity index is 612. The van der Waals surface area contributed by atoms with E-state index in [9.17, 15) is 4.39 Å². The predicted molar refractivity (Wildman–Crippen MR) is 66.8 cm³/mol.